The number of piperazine rings is 1. The first-order valence-electron chi connectivity index (χ1n) is 9.64. The molecule has 10 heteroatoms. The van der Waals surface area contributed by atoms with Crippen LogP contribution in [0.3, 0.4) is 0 Å². The van der Waals surface area contributed by atoms with E-state index in [-0.39, 0.29) is 18.2 Å². The first-order valence-corrected chi connectivity index (χ1v) is 10.0. The molecule has 0 amide bonds. The van der Waals surface area contributed by atoms with Gasteiger partial charge in [-0.25, -0.2) is 14.8 Å². The Kier molecular flexibility index (Phi) is 7.67. The molecule has 0 aliphatic carbocycles. The number of nitrogens with zero attached hydrogens (tertiary/aromatic N) is 4. The Morgan fingerprint density at radius 1 is 1.27 bits per heavy atom. The second-order valence-electron chi connectivity index (χ2n) is 6.90. The molecule has 2 N–H and O–H groups in total. The maximum Gasteiger partial charge on any atom is 0.356 e. The largest absolute Gasteiger partial charge is 0.495 e. The van der Waals surface area contributed by atoms with Crippen molar-refractivity contribution in [2.45, 2.75) is 6.10 Å². The molecule has 2 aromatic rings. The van der Waals surface area contributed by atoms with Crippen LogP contribution in [0.25, 0.3) is 0 Å². The van der Waals surface area contributed by atoms with Crippen molar-refractivity contribution in [1.29, 1.82) is 0 Å². The summed E-state index contributed by atoms with van der Waals surface area (Å²) in [6.07, 6.45) is 0.861. The van der Waals surface area contributed by atoms with Gasteiger partial charge >= 0.3 is 5.97 Å². The second kappa shape index (κ2) is 10.4. The van der Waals surface area contributed by atoms with Gasteiger partial charge in [-0.2, -0.15) is 0 Å². The quantitative estimate of drug-likeness (QED) is 0.597. The van der Waals surface area contributed by atoms with Crippen LogP contribution in [-0.2, 0) is 4.74 Å². The van der Waals surface area contributed by atoms with Crippen LogP contribution in [-0.4, -0.2) is 85.5 Å². The molecule has 1 aliphatic rings. The van der Waals surface area contributed by atoms with Crippen LogP contribution >= 0.6 is 11.6 Å². The number of carbonyl (C=O) groups excluding carboxylic acids is 1. The van der Waals surface area contributed by atoms with Gasteiger partial charge in [0, 0.05) is 50.5 Å². The van der Waals surface area contributed by atoms with Crippen molar-refractivity contribution >= 4 is 29.2 Å². The zero-order chi connectivity index (χ0) is 21.5. The predicted molar refractivity (Wildman–Crippen MR) is 115 cm³/mol. The van der Waals surface area contributed by atoms with E-state index in [1.54, 1.807) is 7.11 Å². The maximum atomic E-state index is 11.5. The Morgan fingerprint density at radius 3 is 2.73 bits per heavy atom. The van der Waals surface area contributed by atoms with E-state index in [9.17, 15) is 9.90 Å². The lowest BCUT2D eigenvalue weighted by Gasteiger charge is -2.37. The fraction of sp³-hybridized carbons (Fsp3) is 0.450. The minimum atomic E-state index is -0.609. The Bertz CT molecular complexity index is 861. The lowest BCUT2D eigenvalue weighted by atomic mass is 10.2. The lowest BCUT2D eigenvalue weighted by Crippen LogP contribution is -2.49. The number of aliphatic hydroxyl groups excluding tert-OH is 1. The molecule has 162 valence electrons. The Labute approximate surface area is 180 Å². The van der Waals surface area contributed by atoms with Crippen molar-refractivity contribution < 1.29 is 19.4 Å². The van der Waals surface area contributed by atoms with E-state index >= 15 is 0 Å². The molecule has 2 heterocycles. The Hall–Kier alpha value is -2.62. The van der Waals surface area contributed by atoms with Crippen molar-refractivity contribution in [3.63, 3.8) is 0 Å². The molecule has 1 saturated heterocycles. The summed E-state index contributed by atoms with van der Waals surface area (Å²) < 4.78 is 10.1. The van der Waals surface area contributed by atoms with E-state index in [0.717, 1.165) is 37.6 Å². The highest BCUT2D eigenvalue weighted by Gasteiger charge is 2.22. The summed E-state index contributed by atoms with van der Waals surface area (Å²) in [7, 11) is 2.94. The molecule has 9 nitrogen and oxygen atoms in total. The highest BCUT2D eigenvalue weighted by atomic mass is 35.5. The van der Waals surface area contributed by atoms with Gasteiger partial charge in [-0.15, -0.1) is 0 Å². The van der Waals surface area contributed by atoms with Crippen molar-refractivity contribution in [2.24, 2.45) is 0 Å². The third kappa shape index (κ3) is 5.71. The van der Waals surface area contributed by atoms with E-state index in [1.807, 2.05) is 18.2 Å². The number of aliphatic hydroxyl groups is 1. The normalized spacial score (nSPS) is 15.5. The third-order valence-corrected chi connectivity index (χ3v) is 5.10. The van der Waals surface area contributed by atoms with Crippen molar-refractivity contribution in [2.75, 3.05) is 63.7 Å². The fourth-order valence-electron chi connectivity index (χ4n) is 3.32. The van der Waals surface area contributed by atoms with Crippen molar-refractivity contribution in [3.05, 3.63) is 41.2 Å². The summed E-state index contributed by atoms with van der Waals surface area (Å²) in [4.78, 5) is 24.1. The molecule has 1 aromatic carbocycles. The number of carbonyl (C=O) groups is 1. The average molecular weight is 436 g/mol. The minimum absolute atomic E-state index is 0.164. The van der Waals surface area contributed by atoms with Gasteiger partial charge in [0.15, 0.2) is 5.69 Å². The number of ether oxygens (including phenoxy) is 2. The number of benzene rings is 1. The van der Waals surface area contributed by atoms with E-state index in [0.29, 0.717) is 11.6 Å². The van der Waals surface area contributed by atoms with Crippen LogP contribution < -0.4 is 15.0 Å². The van der Waals surface area contributed by atoms with Gasteiger partial charge in [-0.05, 0) is 24.3 Å². The smallest absolute Gasteiger partial charge is 0.356 e. The van der Waals surface area contributed by atoms with E-state index < -0.39 is 12.1 Å². The van der Waals surface area contributed by atoms with Gasteiger partial charge < -0.3 is 24.8 Å². The number of anilines is 2. The van der Waals surface area contributed by atoms with Crippen LogP contribution in [0.2, 0.25) is 5.02 Å². The molecule has 1 unspecified atom stereocenters. The number of aromatic nitrogens is 2. The summed E-state index contributed by atoms with van der Waals surface area (Å²) in [5.41, 5.74) is 1.14. The molecule has 1 atom stereocenters. The molecule has 0 radical (unpaired) electrons. The average Bonchev–Trinajstić information content (AvgIpc) is 2.78. The van der Waals surface area contributed by atoms with Crippen LogP contribution in [0.1, 0.15) is 10.5 Å². The number of nitrogens with one attached hydrogen (secondary N) is 1. The molecular weight excluding hydrogens is 410 g/mol. The zero-order valence-electron chi connectivity index (χ0n) is 17.0. The van der Waals surface area contributed by atoms with Gasteiger partial charge in [-0.3, -0.25) is 4.90 Å². The monoisotopic (exact) mass is 435 g/mol. The third-order valence-electron chi connectivity index (χ3n) is 4.87. The minimum Gasteiger partial charge on any atom is -0.495 e. The number of hydrogen-bond acceptors (Lipinski definition) is 9. The van der Waals surface area contributed by atoms with Crippen LogP contribution in [0.5, 0.6) is 5.75 Å². The first-order chi connectivity index (χ1) is 14.5. The molecule has 3 rings (SSSR count). The molecule has 0 spiro atoms. The number of esters is 1. The van der Waals surface area contributed by atoms with Crippen molar-refractivity contribution in [3.8, 4) is 5.75 Å². The maximum absolute atomic E-state index is 11.5. The lowest BCUT2D eigenvalue weighted by molar-refractivity contribution is 0.0594. The van der Waals surface area contributed by atoms with E-state index in [1.165, 1.54) is 19.4 Å². The fourth-order valence-corrected chi connectivity index (χ4v) is 3.48. The summed E-state index contributed by atoms with van der Waals surface area (Å²) in [6.45, 7) is 4.02. The highest BCUT2D eigenvalue weighted by molar-refractivity contribution is 6.30. The molecule has 0 saturated carbocycles. The van der Waals surface area contributed by atoms with Gasteiger partial charge in [0.05, 0.1) is 26.0 Å². The summed E-state index contributed by atoms with van der Waals surface area (Å²) >= 11 is 6.14. The van der Waals surface area contributed by atoms with Crippen LogP contribution in [0, 0.1) is 0 Å². The molecular formula is C20H26ClN5O4. The molecule has 30 heavy (non-hydrogen) atoms. The van der Waals surface area contributed by atoms with Gasteiger partial charge in [0.2, 0.25) is 5.95 Å². The van der Waals surface area contributed by atoms with Gasteiger partial charge in [0.1, 0.15) is 5.75 Å². The highest BCUT2D eigenvalue weighted by Crippen LogP contribution is 2.31. The molecule has 1 fully saturated rings. The number of rotatable bonds is 8. The topological polar surface area (TPSA) is 100 Å². The molecule has 0 bridgehead atoms. The standard InChI is InChI=1S/C20H26ClN5O4/c1-29-18-4-3-14(21)11-17(18)26-9-7-25(8-10-26)13-15(27)12-23-20-22-6-5-16(24-20)19(28)30-2/h3-6,11,15,27H,7-10,12-13H2,1-2H3,(H,22,23,24). The SMILES string of the molecule is COC(=O)c1ccnc(NCC(O)CN2CCN(c3cc(Cl)ccc3OC)CC2)n1. The first kappa shape index (κ1) is 22.1. The van der Waals surface area contributed by atoms with Gasteiger partial charge in [-0.1, -0.05) is 11.6 Å². The Morgan fingerprint density at radius 2 is 2.03 bits per heavy atom. The zero-order valence-corrected chi connectivity index (χ0v) is 17.8. The van der Waals surface area contributed by atoms with Crippen LogP contribution in [0.15, 0.2) is 30.5 Å². The predicted octanol–water partition coefficient (Wildman–Crippen LogP) is 1.52. The van der Waals surface area contributed by atoms with Crippen molar-refractivity contribution in [1.82, 2.24) is 14.9 Å². The summed E-state index contributed by atoms with van der Waals surface area (Å²) in [6, 6.07) is 7.07. The van der Waals surface area contributed by atoms with E-state index in [4.69, 9.17) is 16.3 Å². The number of halogens is 1. The number of hydrogen-bond donors (Lipinski definition) is 2. The van der Waals surface area contributed by atoms with Gasteiger partial charge in [0.25, 0.3) is 0 Å². The summed E-state index contributed by atoms with van der Waals surface area (Å²) in [5.74, 6) is 0.538. The second-order valence-corrected chi connectivity index (χ2v) is 7.33. The summed E-state index contributed by atoms with van der Waals surface area (Å²) in [5, 5.41) is 14.0. The molecule has 1 aromatic heterocycles. The number of β-amino-alcohol motifs (C(OH)–C–C–N with tert-alkyl or cyclic N) is 1. The number of methoxy groups -OCH3 is 2. The Balaban J connectivity index is 1.47. The molecule has 1 aliphatic heterocycles. The van der Waals surface area contributed by atoms with Crippen LogP contribution in [0.4, 0.5) is 11.6 Å². The van der Waals surface area contributed by atoms with E-state index in [2.05, 4.69) is 29.8 Å².